The van der Waals surface area contributed by atoms with Gasteiger partial charge < -0.3 is 14.7 Å². The lowest BCUT2D eigenvalue weighted by atomic mass is 10.1. The molecule has 2 aliphatic heterocycles. The number of nitrogens with zero attached hydrogens (tertiary/aromatic N) is 1. The number of hydrogen-bond donors (Lipinski definition) is 1. The highest BCUT2D eigenvalue weighted by molar-refractivity contribution is 5.98. The molecule has 2 aliphatic rings. The Hall–Kier alpha value is -1.39. The van der Waals surface area contributed by atoms with Crippen molar-refractivity contribution in [2.24, 2.45) is 0 Å². The molecule has 4 nitrogen and oxygen atoms in total. The van der Waals surface area contributed by atoms with Gasteiger partial charge in [-0.05, 0) is 6.07 Å². The molecule has 0 aliphatic carbocycles. The molecule has 1 saturated heterocycles. The average molecular weight is 205 g/mol. The third kappa shape index (κ3) is 1.33. The fourth-order valence-electron chi connectivity index (χ4n) is 1.93. The zero-order valence-electron chi connectivity index (χ0n) is 8.09. The van der Waals surface area contributed by atoms with Crippen molar-refractivity contribution in [3.05, 3.63) is 35.4 Å². The van der Waals surface area contributed by atoms with Crippen LogP contribution in [0.4, 0.5) is 0 Å². The summed E-state index contributed by atoms with van der Waals surface area (Å²) in [5.74, 6) is -0.103. The monoisotopic (exact) mass is 205 g/mol. The number of fused-ring (bicyclic) bond motifs is 1. The lowest BCUT2D eigenvalue weighted by molar-refractivity contribution is 0.0148. The number of benzene rings is 1. The molecule has 0 saturated carbocycles. The minimum absolute atomic E-state index is 0.103. The summed E-state index contributed by atoms with van der Waals surface area (Å²) in [5.41, 5.74) is 1.30. The van der Waals surface area contributed by atoms with Gasteiger partial charge in [-0.1, -0.05) is 18.2 Å². The number of aliphatic hydroxyl groups is 1. The van der Waals surface area contributed by atoms with E-state index < -0.39 is 6.23 Å². The first kappa shape index (κ1) is 8.88. The van der Waals surface area contributed by atoms with Crippen LogP contribution in [0.3, 0.4) is 0 Å². The molecule has 1 N–H and O–H groups in total. The van der Waals surface area contributed by atoms with Gasteiger partial charge in [0.15, 0.2) is 6.23 Å². The zero-order valence-corrected chi connectivity index (χ0v) is 8.09. The van der Waals surface area contributed by atoms with Crippen LogP contribution in [0.15, 0.2) is 24.3 Å². The summed E-state index contributed by atoms with van der Waals surface area (Å²) < 4.78 is 5.06. The number of carbonyl (C=O) groups is 1. The maximum absolute atomic E-state index is 11.9. The molecule has 0 bridgehead atoms. The van der Waals surface area contributed by atoms with Crippen molar-refractivity contribution in [1.29, 1.82) is 0 Å². The molecular formula is C11H11NO3. The first-order valence-corrected chi connectivity index (χ1v) is 4.97. The molecule has 1 aromatic rings. The Labute approximate surface area is 87.1 Å². The standard InChI is InChI=1S/C11H11NO3/c13-10-8-3-1-2-4-9(8)11(14)12(10)5-7-6-15-7/h1-4,7,10,13H,5-6H2/t7-,10?/m1/s1. The van der Waals surface area contributed by atoms with E-state index in [9.17, 15) is 9.90 Å². The van der Waals surface area contributed by atoms with Crippen LogP contribution in [-0.4, -0.2) is 35.2 Å². The van der Waals surface area contributed by atoms with Crippen molar-refractivity contribution in [2.45, 2.75) is 12.3 Å². The van der Waals surface area contributed by atoms with E-state index in [0.29, 0.717) is 24.3 Å². The van der Waals surface area contributed by atoms with Gasteiger partial charge in [0.1, 0.15) is 0 Å². The summed E-state index contributed by atoms with van der Waals surface area (Å²) in [6, 6.07) is 7.16. The third-order valence-electron chi connectivity index (χ3n) is 2.83. The van der Waals surface area contributed by atoms with E-state index in [1.165, 1.54) is 4.90 Å². The number of hydrogen-bond acceptors (Lipinski definition) is 3. The fourth-order valence-corrected chi connectivity index (χ4v) is 1.93. The topological polar surface area (TPSA) is 53.1 Å². The number of amides is 1. The molecule has 0 spiro atoms. The van der Waals surface area contributed by atoms with Gasteiger partial charge in [-0.15, -0.1) is 0 Å². The number of epoxide rings is 1. The minimum atomic E-state index is -0.808. The second kappa shape index (κ2) is 3.05. The van der Waals surface area contributed by atoms with Gasteiger partial charge >= 0.3 is 0 Å². The predicted molar refractivity (Wildman–Crippen MR) is 52.2 cm³/mol. The average Bonchev–Trinajstić information content (AvgIpc) is 3.04. The highest BCUT2D eigenvalue weighted by Crippen LogP contribution is 2.32. The van der Waals surface area contributed by atoms with Gasteiger partial charge in [-0.25, -0.2) is 0 Å². The summed E-state index contributed by atoms with van der Waals surface area (Å²) in [5, 5.41) is 9.94. The van der Waals surface area contributed by atoms with Gasteiger partial charge in [-0.2, -0.15) is 0 Å². The number of aliphatic hydroxyl groups excluding tert-OH is 1. The molecule has 1 unspecified atom stereocenters. The van der Waals surface area contributed by atoms with Gasteiger partial charge in [0, 0.05) is 11.1 Å². The van der Waals surface area contributed by atoms with E-state index in [0.717, 1.165) is 0 Å². The second-order valence-electron chi connectivity index (χ2n) is 3.87. The van der Waals surface area contributed by atoms with Crippen LogP contribution in [0.2, 0.25) is 0 Å². The van der Waals surface area contributed by atoms with Crippen molar-refractivity contribution >= 4 is 5.91 Å². The van der Waals surface area contributed by atoms with Crippen molar-refractivity contribution in [2.75, 3.05) is 13.2 Å². The lowest BCUT2D eigenvalue weighted by Gasteiger charge is -2.19. The summed E-state index contributed by atoms with van der Waals surface area (Å²) in [6.45, 7) is 1.17. The predicted octanol–water partition coefficient (Wildman–Crippen LogP) is 0.532. The third-order valence-corrected chi connectivity index (χ3v) is 2.83. The molecule has 15 heavy (non-hydrogen) atoms. The number of rotatable bonds is 2. The normalized spacial score (nSPS) is 28.1. The Balaban J connectivity index is 1.93. The Morgan fingerprint density at radius 3 is 2.87 bits per heavy atom. The Bertz CT molecular complexity index is 414. The molecule has 3 rings (SSSR count). The molecule has 0 aromatic heterocycles. The highest BCUT2D eigenvalue weighted by Gasteiger charge is 2.38. The largest absolute Gasteiger partial charge is 0.371 e. The van der Waals surface area contributed by atoms with Crippen LogP contribution in [-0.2, 0) is 4.74 Å². The molecule has 1 amide bonds. The molecule has 1 fully saturated rings. The van der Waals surface area contributed by atoms with Crippen LogP contribution in [0, 0.1) is 0 Å². The van der Waals surface area contributed by atoms with Gasteiger partial charge in [-0.3, -0.25) is 4.79 Å². The molecule has 2 heterocycles. The maximum Gasteiger partial charge on any atom is 0.256 e. The summed E-state index contributed by atoms with van der Waals surface area (Å²) in [4.78, 5) is 13.3. The molecule has 2 atom stereocenters. The van der Waals surface area contributed by atoms with Crippen LogP contribution < -0.4 is 0 Å². The van der Waals surface area contributed by atoms with Crippen molar-refractivity contribution in [1.82, 2.24) is 4.90 Å². The summed E-state index contributed by atoms with van der Waals surface area (Å²) >= 11 is 0. The van der Waals surface area contributed by atoms with E-state index in [4.69, 9.17) is 4.74 Å². The van der Waals surface area contributed by atoms with E-state index in [1.54, 1.807) is 18.2 Å². The second-order valence-corrected chi connectivity index (χ2v) is 3.87. The van der Waals surface area contributed by atoms with E-state index in [-0.39, 0.29) is 12.0 Å². The Morgan fingerprint density at radius 2 is 2.20 bits per heavy atom. The van der Waals surface area contributed by atoms with E-state index >= 15 is 0 Å². The molecule has 4 heteroatoms. The quantitative estimate of drug-likeness (QED) is 0.716. The molecule has 1 aromatic carbocycles. The Morgan fingerprint density at radius 1 is 1.47 bits per heavy atom. The maximum atomic E-state index is 11.9. The first-order chi connectivity index (χ1) is 7.27. The first-order valence-electron chi connectivity index (χ1n) is 4.97. The van der Waals surface area contributed by atoms with Crippen LogP contribution >= 0.6 is 0 Å². The molecule has 78 valence electrons. The van der Waals surface area contributed by atoms with Gasteiger partial charge in [0.25, 0.3) is 5.91 Å². The van der Waals surface area contributed by atoms with Crippen LogP contribution in [0.25, 0.3) is 0 Å². The van der Waals surface area contributed by atoms with Crippen LogP contribution in [0.1, 0.15) is 22.1 Å². The van der Waals surface area contributed by atoms with Crippen LogP contribution in [0.5, 0.6) is 0 Å². The smallest absolute Gasteiger partial charge is 0.256 e. The van der Waals surface area contributed by atoms with E-state index in [2.05, 4.69) is 0 Å². The minimum Gasteiger partial charge on any atom is -0.371 e. The SMILES string of the molecule is O=C1c2ccccc2C(O)N1C[C@@H]1CO1. The van der Waals surface area contributed by atoms with Crippen molar-refractivity contribution in [3.63, 3.8) is 0 Å². The molecular weight excluding hydrogens is 194 g/mol. The zero-order chi connectivity index (χ0) is 10.4. The fraction of sp³-hybridized carbons (Fsp3) is 0.364. The molecule has 0 radical (unpaired) electrons. The van der Waals surface area contributed by atoms with Gasteiger partial charge in [0.05, 0.1) is 19.3 Å². The lowest BCUT2D eigenvalue weighted by Crippen LogP contribution is -2.31. The highest BCUT2D eigenvalue weighted by atomic mass is 16.6. The Kier molecular flexibility index (Phi) is 1.81. The number of ether oxygens (including phenoxy) is 1. The van der Waals surface area contributed by atoms with E-state index in [1.807, 2.05) is 6.07 Å². The summed E-state index contributed by atoms with van der Waals surface area (Å²) in [7, 11) is 0. The van der Waals surface area contributed by atoms with Gasteiger partial charge in [0.2, 0.25) is 0 Å². The number of carbonyl (C=O) groups excluding carboxylic acids is 1. The van der Waals surface area contributed by atoms with Crippen molar-refractivity contribution in [3.8, 4) is 0 Å². The van der Waals surface area contributed by atoms with Crippen molar-refractivity contribution < 1.29 is 14.6 Å². The summed E-state index contributed by atoms with van der Waals surface area (Å²) in [6.07, 6.45) is -0.698.